The van der Waals surface area contributed by atoms with E-state index in [2.05, 4.69) is 120 Å². The van der Waals surface area contributed by atoms with Crippen molar-refractivity contribution >= 4 is 34.8 Å². The molecule has 0 saturated heterocycles. The maximum absolute atomic E-state index is 2.43. The minimum absolute atomic E-state index is 0.255. The van der Waals surface area contributed by atoms with Crippen molar-refractivity contribution in [3.05, 3.63) is 78.9 Å². The van der Waals surface area contributed by atoms with E-state index in [0.29, 0.717) is 0 Å². The Labute approximate surface area is 176 Å². The van der Waals surface area contributed by atoms with Crippen LogP contribution in [0.2, 0.25) is 0 Å². The lowest BCUT2D eigenvalue weighted by Crippen LogP contribution is -2.32. The van der Waals surface area contributed by atoms with Crippen LogP contribution in [0.15, 0.2) is 78.9 Å². The van der Waals surface area contributed by atoms with E-state index in [0.717, 1.165) is 0 Å². The van der Waals surface area contributed by atoms with Crippen LogP contribution in [0.4, 0.5) is 0 Å². The van der Waals surface area contributed by atoms with Crippen molar-refractivity contribution in [3.63, 3.8) is 0 Å². The quantitative estimate of drug-likeness (QED) is 0.299. The summed E-state index contributed by atoms with van der Waals surface area (Å²) in [6.45, 7) is 14.6. The Hall–Kier alpha value is -2.17. The standard InChI is InChI=1S/C28H31P/c1-27(2,3)29(28(4,5)6)25-19-18-21-13-8-10-16-23(21)26(25)24-17-11-14-20-12-7-9-15-22(20)24/h7-19H,1-6H3/p+1. The maximum Gasteiger partial charge on any atom is 0.101 e. The molecule has 0 aromatic heterocycles. The SMILES string of the molecule is CC(C)(C)[PH+](c1ccc2ccccc2c1-c1cccc2ccccc12)C(C)(C)C. The number of hydrogen-bond donors (Lipinski definition) is 0. The molecular weight excluding hydrogens is 367 g/mol. The molecule has 0 aliphatic rings. The predicted octanol–water partition coefficient (Wildman–Crippen LogP) is 8.10. The Morgan fingerprint density at radius 3 is 1.66 bits per heavy atom. The summed E-state index contributed by atoms with van der Waals surface area (Å²) < 4.78 is 0. The van der Waals surface area contributed by atoms with Crippen LogP contribution >= 0.6 is 7.92 Å². The van der Waals surface area contributed by atoms with Crippen molar-refractivity contribution in [3.8, 4) is 11.1 Å². The first kappa shape index (κ1) is 20.1. The van der Waals surface area contributed by atoms with Crippen molar-refractivity contribution < 1.29 is 0 Å². The number of benzene rings is 4. The normalized spacial score (nSPS) is 12.8. The summed E-state index contributed by atoms with van der Waals surface area (Å²) in [6.07, 6.45) is 0. The molecule has 0 nitrogen and oxygen atoms in total. The average Bonchev–Trinajstić information content (AvgIpc) is 2.65. The molecule has 148 valence electrons. The van der Waals surface area contributed by atoms with Gasteiger partial charge >= 0.3 is 0 Å². The highest BCUT2D eigenvalue weighted by Crippen LogP contribution is 2.60. The summed E-state index contributed by atoms with van der Waals surface area (Å²) in [5.41, 5.74) is 2.81. The molecule has 0 saturated carbocycles. The summed E-state index contributed by atoms with van der Waals surface area (Å²) in [4.78, 5) is 0. The molecule has 0 spiro atoms. The molecule has 0 aliphatic carbocycles. The highest BCUT2D eigenvalue weighted by atomic mass is 31.1. The third-order valence-electron chi connectivity index (χ3n) is 5.76. The third-order valence-corrected chi connectivity index (χ3v) is 9.71. The van der Waals surface area contributed by atoms with Gasteiger partial charge in [-0.1, -0.05) is 72.8 Å². The molecule has 0 N–H and O–H groups in total. The van der Waals surface area contributed by atoms with E-state index in [9.17, 15) is 0 Å². The zero-order valence-corrected chi connectivity index (χ0v) is 19.5. The van der Waals surface area contributed by atoms with Gasteiger partial charge in [-0.2, -0.15) is 0 Å². The van der Waals surface area contributed by atoms with Crippen LogP contribution in [0, 0.1) is 0 Å². The van der Waals surface area contributed by atoms with Crippen molar-refractivity contribution in [1.29, 1.82) is 0 Å². The summed E-state index contributed by atoms with van der Waals surface area (Å²) in [5, 5.41) is 7.42. The minimum atomic E-state index is -0.888. The highest BCUT2D eigenvalue weighted by molar-refractivity contribution is 7.68. The van der Waals surface area contributed by atoms with Gasteiger partial charge < -0.3 is 0 Å². The van der Waals surface area contributed by atoms with Crippen LogP contribution in [0.25, 0.3) is 32.7 Å². The largest absolute Gasteiger partial charge is 0.101 e. The van der Waals surface area contributed by atoms with Crippen LogP contribution in [-0.2, 0) is 0 Å². The van der Waals surface area contributed by atoms with Gasteiger partial charge in [0.2, 0.25) is 0 Å². The molecule has 0 aliphatic heterocycles. The lowest BCUT2D eigenvalue weighted by molar-refractivity contribution is 0.715. The van der Waals surface area contributed by atoms with Gasteiger partial charge in [-0.05, 0) is 74.7 Å². The van der Waals surface area contributed by atoms with E-state index in [1.54, 1.807) is 5.30 Å². The summed E-state index contributed by atoms with van der Waals surface area (Å²) >= 11 is 0. The molecule has 0 atom stereocenters. The molecule has 0 radical (unpaired) electrons. The first-order valence-corrected chi connectivity index (χ1v) is 12.1. The van der Waals surface area contributed by atoms with E-state index in [1.807, 2.05) is 0 Å². The zero-order chi connectivity index (χ0) is 20.8. The van der Waals surface area contributed by atoms with Crippen molar-refractivity contribution in [2.75, 3.05) is 0 Å². The van der Waals surface area contributed by atoms with Gasteiger partial charge in [0.05, 0.1) is 10.3 Å². The Balaban J connectivity index is 2.16. The number of fused-ring (bicyclic) bond motifs is 2. The molecular formula is C28H32P+. The summed E-state index contributed by atoms with van der Waals surface area (Å²) in [7, 11) is -0.888. The minimum Gasteiger partial charge on any atom is -0.0616 e. The molecule has 0 unspecified atom stereocenters. The molecule has 29 heavy (non-hydrogen) atoms. The van der Waals surface area contributed by atoms with E-state index in [1.165, 1.54) is 32.7 Å². The topological polar surface area (TPSA) is 0 Å². The predicted molar refractivity (Wildman–Crippen MR) is 134 cm³/mol. The zero-order valence-electron chi connectivity index (χ0n) is 18.5. The first-order chi connectivity index (χ1) is 13.7. The lowest BCUT2D eigenvalue weighted by atomic mass is 9.94. The van der Waals surface area contributed by atoms with Crippen molar-refractivity contribution in [2.24, 2.45) is 0 Å². The molecule has 4 aromatic carbocycles. The second-order valence-electron chi connectivity index (χ2n) is 10.1. The van der Waals surface area contributed by atoms with Gasteiger partial charge in [-0.25, -0.2) is 0 Å². The molecule has 0 amide bonds. The highest BCUT2D eigenvalue weighted by Gasteiger charge is 2.45. The summed E-state index contributed by atoms with van der Waals surface area (Å²) in [6, 6.07) is 29.2. The summed E-state index contributed by atoms with van der Waals surface area (Å²) in [5.74, 6) is 0. The van der Waals surface area contributed by atoms with Crippen molar-refractivity contribution in [1.82, 2.24) is 0 Å². The number of hydrogen-bond acceptors (Lipinski definition) is 0. The van der Waals surface area contributed by atoms with Crippen LogP contribution in [0.5, 0.6) is 0 Å². The maximum atomic E-state index is 2.43. The van der Waals surface area contributed by atoms with Gasteiger partial charge in [-0.15, -0.1) is 0 Å². The number of rotatable bonds is 2. The molecule has 1 heteroatoms. The monoisotopic (exact) mass is 399 g/mol. The fourth-order valence-electron chi connectivity index (χ4n) is 5.15. The van der Waals surface area contributed by atoms with Gasteiger partial charge in [0.25, 0.3) is 0 Å². The third kappa shape index (κ3) is 3.72. The van der Waals surface area contributed by atoms with E-state index < -0.39 is 7.92 Å². The fourth-order valence-corrected chi connectivity index (χ4v) is 9.78. The molecule has 4 rings (SSSR count). The van der Waals surface area contributed by atoms with Crippen LogP contribution in [-0.4, -0.2) is 10.3 Å². The Morgan fingerprint density at radius 2 is 1.03 bits per heavy atom. The van der Waals surface area contributed by atoms with Gasteiger partial charge in [0.15, 0.2) is 0 Å². The Bertz CT molecular complexity index is 1150. The van der Waals surface area contributed by atoms with Crippen molar-refractivity contribution in [2.45, 2.75) is 51.9 Å². The molecule has 4 aromatic rings. The lowest BCUT2D eigenvalue weighted by Gasteiger charge is -2.35. The van der Waals surface area contributed by atoms with Gasteiger partial charge in [0, 0.05) is 13.5 Å². The molecule has 0 bridgehead atoms. The molecule has 0 fully saturated rings. The van der Waals surface area contributed by atoms with E-state index in [-0.39, 0.29) is 10.3 Å². The van der Waals surface area contributed by atoms with E-state index >= 15 is 0 Å². The second-order valence-corrected chi connectivity index (χ2v) is 14.4. The smallest absolute Gasteiger partial charge is 0.0616 e. The molecule has 0 heterocycles. The Morgan fingerprint density at radius 1 is 0.517 bits per heavy atom. The van der Waals surface area contributed by atoms with Crippen LogP contribution < -0.4 is 5.30 Å². The van der Waals surface area contributed by atoms with E-state index in [4.69, 9.17) is 0 Å². The fraction of sp³-hybridized carbons (Fsp3) is 0.286. The van der Waals surface area contributed by atoms with Gasteiger partial charge in [0.1, 0.15) is 5.30 Å². The average molecular weight is 400 g/mol. The Kier molecular flexibility index (Phi) is 5.04. The first-order valence-electron chi connectivity index (χ1n) is 10.6. The van der Waals surface area contributed by atoms with Crippen LogP contribution in [0.1, 0.15) is 41.5 Å². The second kappa shape index (κ2) is 7.26. The van der Waals surface area contributed by atoms with Crippen LogP contribution in [0.3, 0.4) is 0 Å². The van der Waals surface area contributed by atoms with Gasteiger partial charge in [-0.3, -0.25) is 0 Å².